The predicted molar refractivity (Wildman–Crippen MR) is 97.6 cm³/mol. The largest absolute Gasteiger partial charge is 0.416 e. The standard InChI is InChI=1S/C19H12F3N3S/c20-19(21,22)14-3-1-12(2-4-14)13-7-8-23-18(9-13)25-15-5-6-16-17(10-15)26-11-24-16/h1-11H,(H,23,25). The van der Waals surface area contributed by atoms with E-state index < -0.39 is 11.7 Å². The molecule has 0 bridgehead atoms. The number of hydrogen-bond acceptors (Lipinski definition) is 4. The molecule has 7 heteroatoms. The van der Waals surface area contributed by atoms with Crippen molar-refractivity contribution in [2.45, 2.75) is 6.18 Å². The Morgan fingerprint density at radius 1 is 0.846 bits per heavy atom. The van der Waals surface area contributed by atoms with Gasteiger partial charge in [-0.2, -0.15) is 13.2 Å². The molecule has 0 aliphatic rings. The molecule has 0 aliphatic carbocycles. The number of nitrogens with one attached hydrogen (secondary N) is 1. The maximum atomic E-state index is 12.7. The SMILES string of the molecule is FC(F)(F)c1ccc(-c2ccnc(Nc3ccc4ncsc4c3)c2)cc1. The summed E-state index contributed by atoms with van der Waals surface area (Å²) < 4.78 is 39.1. The van der Waals surface area contributed by atoms with Gasteiger partial charge in [0.25, 0.3) is 0 Å². The summed E-state index contributed by atoms with van der Waals surface area (Å²) in [6.07, 6.45) is -2.71. The Kier molecular flexibility index (Phi) is 4.08. The highest BCUT2D eigenvalue weighted by Gasteiger charge is 2.29. The van der Waals surface area contributed by atoms with Crippen molar-refractivity contribution in [3.63, 3.8) is 0 Å². The van der Waals surface area contributed by atoms with E-state index in [4.69, 9.17) is 0 Å². The van der Waals surface area contributed by atoms with Gasteiger partial charge in [-0.3, -0.25) is 0 Å². The van der Waals surface area contributed by atoms with Crippen molar-refractivity contribution in [1.29, 1.82) is 0 Å². The zero-order valence-corrected chi connectivity index (χ0v) is 14.1. The number of halogens is 3. The minimum atomic E-state index is -4.33. The first-order valence-electron chi connectivity index (χ1n) is 7.73. The van der Waals surface area contributed by atoms with Crippen LogP contribution in [0.5, 0.6) is 0 Å². The van der Waals surface area contributed by atoms with Crippen molar-refractivity contribution >= 4 is 33.1 Å². The van der Waals surface area contributed by atoms with Crippen LogP contribution in [0.3, 0.4) is 0 Å². The van der Waals surface area contributed by atoms with Crippen molar-refractivity contribution in [2.75, 3.05) is 5.32 Å². The van der Waals surface area contributed by atoms with E-state index in [1.54, 1.807) is 35.2 Å². The second kappa shape index (κ2) is 6.42. The van der Waals surface area contributed by atoms with Gasteiger partial charge in [-0.05, 0) is 53.6 Å². The predicted octanol–water partition coefficient (Wildman–Crippen LogP) is 6.12. The van der Waals surface area contributed by atoms with Crippen LogP contribution < -0.4 is 5.32 Å². The maximum Gasteiger partial charge on any atom is 0.416 e. The minimum absolute atomic E-state index is 0.617. The van der Waals surface area contributed by atoms with Crippen molar-refractivity contribution in [1.82, 2.24) is 9.97 Å². The van der Waals surface area contributed by atoms with Crippen LogP contribution in [-0.2, 0) is 6.18 Å². The molecule has 3 nitrogen and oxygen atoms in total. The van der Waals surface area contributed by atoms with Crippen molar-refractivity contribution < 1.29 is 13.2 Å². The fraction of sp³-hybridized carbons (Fsp3) is 0.0526. The molecule has 0 saturated carbocycles. The van der Waals surface area contributed by atoms with E-state index in [0.29, 0.717) is 11.4 Å². The molecular formula is C19H12F3N3S. The number of benzene rings is 2. The average molecular weight is 371 g/mol. The topological polar surface area (TPSA) is 37.8 Å². The monoisotopic (exact) mass is 371 g/mol. The van der Waals surface area contributed by atoms with Crippen LogP contribution in [0.2, 0.25) is 0 Å². The number of anilines is 2. The molecule has 4 rings (SSSR count). The Labute approximate surface area is 151 Å². The Morgan fingerprint density at radius 2 is 1.65 bits per heavy atom. The highest BCUT2D eigenvalue weighted by atomic mass is 32.1. The number of hydrogen-bond donors (Lipinski definition) is 1. The van der Waals surface area contributed by atoms with E-state index in [1.807, 2.05) is 18.2 Å². The van der Waals surface area contributed by atoms with Gasteiger partial charge in [0.1, 0.15) is 5.82 Å². The van der Waals surface area contributed by atoms with Crippen molar-refractivity contribution in [2.24, 2.45) is 0 Å². The average Bonchev–Trinajstić information content (AvgIpc) is 3.09. The van der Waals surface area contributed by atoms with Crippen LogP contribution in [-0.4, -0.2) is 9.97 Å². The summed E-state index contributed by atoms with van der Waals surface area (Å²) in [5, 5.41) is 3.22. The minimum Gasteiger partial charge on any atom is -0.340 e. The second-order valence-corrected chi connectivity index (χ2v) is 6.55. The normalized spacial score (nSPS) is 11.7. The van der Waals surface area contributed by atoms with E-state index in [-0.39, 0.29) is 0 Å². The zero-order chi connectivity index (χ0) is 18.1. The zero-order valence-electron chi connectivity index (χ0n) is 13.3. The fourth-order valence-corrected chi connectivity index (χ4v) is 3.33. The first kappa shape index (κ1) is 16.5. The number of thiazole rings is 1. The molecule has 1 N–H and O–H groups in total. The fourth-order valence-electron chi connectivity index (χ4n) is 2.61. The van der Waals surface area contributed by atoms with Gasteiger partial charge in [0.2, 0.25) is 0 Å². The van der Waals surface area contributed by atoms with Gasteiger partial charge in [0, 0.05) is 11.9 Å². The number of fused-ring (bicyclic) bond motifs is 1. The highest BCUT2D eigenvalue weighted by Crippen LogP contribution is 2.31. The van der Waals surface area contributed by atoms with Gasteiger partial charge in [0.15, 0.2) is 0 Å². The molecule has 0 spiro atoms. The Morgan fingerprint density at radius 3 is 2.42 bits per heavy atom. The van der Waals surface area contributed by atoms with Crippen molar-refractivity contribution in [3.05, 3.63) is 71.9 Å². The molecule has 0 atom stereocenters. The van der Waals surface area contributed by atoms with Gasteiger partial charge >= 0.3 is 6.18 Å². The molecule has 0 saturated heterocycles. The molecule has 26 heavy (non-hydrogen) atoms. The highest BCUT2D eigenvalue weighted by molar-refractivity contribution is 7.16. The molecule has 0 fully saturated rings. The van der Waals surface area contributed by atoms with E-state index in [9.17, 15) is 13.2 Å². The lowest BCUT2D eigenvalue weighted by atomic mass is 10.0. The Bertz CT molecular complexity index is 1060. The van der Waals surface area contributed by atoms with Crippen LogP contribution in [0, 0.1) is 0 Å². The summed E-state index contributed by atoms with van der Waals surface area (Å²) in [6, 6.07) is 14.5. The first-order chi connectivity index (χ1) is 12.5. The summed E-state index contributed by atoms with van der Waals surface area (Å²) >= 11 is 1.55. The molecule has 0 radical (unpaired) electrons. The van der Waals surface area contributed by atoms with Crippen LogP contribution in [0.4, 0.5) is 24.7 Å². The summed E-state index contributed by atoms with van der Waals surface area (Å²) in [5.41, 5.74) is 4.42. The van der Waals surface area contributed by atoms with Gasteiger partial charge in [0.05, 0.1) is 21.3 Å². The molecular weight excluding hydrogens is 359 g/mol. The van der Waals surface area contributed by atoms with E-state index in [2.05, 4.69) is 15.3 Å². The molecule has 2 aromatic carbocycles. The maximum absolute atomic E-state index is 12.7. The lowest BCUT2D eigenvalue weighted by Crippen LogP contribution is -2.04. The molecule has 0 amide bonds. The Hall–Kier alpha value is -2.93. The van der Waals surface area contributed by atoms with Crippen LogP contribution in [0.1, 0.15) is 5.56 Å². The lowest BCUT2D eigenvalue weighted by Gasteiger charge is -2.10. The number of rotatable bonds is 3. The summed E-state index contributed by atoms with van der Waals surface area (Å²) in [6.45, 7) is 0. The quantitative estimate of drug-likeness (QED) is 0.471. The summed E-state index contributed by atoms with van der Waals surface area (Å²) in [7, 11) is 0. The molecule has 0 unspecified atom stereocenters. The molecule has 2 aromatic heterocycles. The second-order valence-electron chi connectivity index (χ2n) is 5.66. The lowest BCUT2D eigenvalue weighted by molar-refractivity contribution is -0.137. The number of nitrogens with zero attached hydrogens (tertiary/aromatic N) is 2. The van der Waals surface area contributed by atoms with E-state index in [0.717, 1.165) is 33.6 Å². The number of aromatic nitrogens is 2. The Balaban J connectivity index is 1.60. The number of alkyl halides is 3. The third kappa shape index (κ3) is 3.39. The smallest absolute Gasteiger partial charge is 0.340 e. The molecule has 0 aliphatic heterocycles. The summed E-state index contributed by atoms with van der Waals surface area (Å²) in [4.78, 5) is 8.52. The van der Waals surface area contributed by atoms with Crippen LogP contribution in [0.15, 0.2) is 66.3 Å². The summed E-state index contributed by atoms with van der Waals surface area (Å²) in [5.74, 6) is 0.617. The van der Waals surface area contributed by atoms with Crippen LogP contribution >= 0.6 is 11.3 Å². The number of pyridine rings is 1. The molecule has 4 aromatic rings. The molecule has 130 valence electrons. The van der Waals surface area contributed by atoms with Gasteiger partial charge in [-0.1, -0.05) is 12.1 Å². The van der Waals surface area contributed by atoms with E-state index in [1.165, 1.54) is 12.1 Å². The van der Waals surface area contributed by atoms with Gasteiger partial charge < -0.3 is 5.32 Å². The molecule has 2 heterocycles. The van der Waals surface area contributed by atoms with Crippen LogP contribution in [0.25, 0.3) is 21.3 Å². The third-order valence-electron chi connectivity index (χ3n) is 3.91. The van der Waals surface area contributed by atoms with Crippen molar-refractivity contribution in [3.8, 4) is 11.1 Å². The third-order valence-corrected chi connectivity index (χ3v) is 4.70. The van der Waals surface area contributed by atoms with Gasteiger partial charge in [-0.15, -0.1) is 11.3 Å². The van der Waals surface area contributed by atoms with Gasteiger partial charge in [-0.25, -0.2) is 9.97 Å². The van der Waals surface area contributed by atoms with E-state index >= 15 is 0 Å². The first-order valence-corrected chi connectivity index (χ1v) is 8.61.